The number of halogens is 1. The van der Waals surface area contributed by atoms with Crippen LogP contribution in [0.3, 0.4) is 0 Å². The maximum absolute atomic E-state index is 12.2. The van der Waals surface area contributed by atoms with Crippen LogP contribution in [0.2, 0.25) is 0 Å². The number of hydrogen-bond donors (Lipinski definition) is 1. The number of aromatic nitrogens is 3. The van der Waals surface area contributed by atoms with Gasteiger partial charge in [0.2, 0.25) is 0 Å². The van der Waals surface area contributed by atoms with Crippen molar-refractivity contribution < 1.29 is 4.79 Å². The maximum Gasteiger partial charge on any atom is 0.266 e. The van der Waals surface area contributed by atoms with Crippen LogP contribution in [0.5, 0.6) is 0 Å². The van der Waals surface area contributed by atoms with Gasteiger partial charge in [-0.1, -0.05) is 0 Å². The molecule has 0 aromatic carbocycles. The Bertz CT molecular complexity index is 756. The monoisotopic (exact) mass is 350 g/mol. The van der Waals surface area contributed by atoms with Gasteiger partial charge < -0.3 is 5.32 Å². The highest BCUT2D eigenvalue weighted by atomic mass is 79.9. The molecule has 0 spiro atoms. The molecule has 0 aliphatic carbocycles. The third kappa shape index (κ3) is 2.34. The fraction of sp³-hybridized carbons (Fsp3) is 0.154. The quantitative estimate of drug-likeness (QED) is 0.770. The molecule has 7 heteroatoms. The molecule has 1 N–H and O–H groups in total. The summed E-state index contributed by atoms with van der Waals surface area (Å²) in [5.74, 6) is 0.380. The molecule has 0 atom stereocenters. The summed E-state index contributed by atoms with van der Waals surface area (Å²) in [5.41, 5.74) is 0.930. The Labute approximate surface area is 127 Å². The van der Waals surface area contributed by atoms with E-state index in [1.54, 1.807) is 16.9 Å². The predicted octanol–water partition coefficient (Wildman–Crippen LogP) is 3.35. The van der Waals surface area contributed by atoms with Gasteiger partial charge in [0.15, 0.2) is 0 Å². The summed E-state index contributed by atoms with van der Waals surface area (Å²) >= 11 is 4.73. The fourth-order valence-corrected chi connectivity index (χ4v) is 3.20. The van der Waals surface area contributed by atoms with Crippen LogP contribution in [0.1, 0.15) is 15.4 Å². The second kappa shape index (κ2) is 4.99. The topological polar surface area (TPSA) is 59.8 Å². The van der Waals surface area contributed by atoms with Gasteiger partial charge >= 0.3 is 0 Å². The van der Waals surface area contributed by atoms with E-state index < -0.39 is 0 Å². The maximum atomic E-state index is 12.2. The largest absolute Gasteiger partial charge is 0.306 e. The van der Waals surface area contributed by atoms with Crippen molar-refractivity contribution in [2.24, 2.45) is 7.05 Å². The first-order valence-electron chi connectivity index (χ1n) is 5.90. The highest BCUT2D eigenvalue weighted by molar-refractivity contribution is 9.10. The Kier molecular flexibility index (Phi) is 3.31. The molecule has 0 bridgehead atoms. The normalized spacial score (nSPS) is 10.9. The van der Waals surface area contributed by atoms with Crippen LogP contribution in [0.15, 0.2) is 28.9 Å². The van der Waals surface area contributed by atoms with Gasteiger partial charge in [-0.05, 0) is 41.1 Å². The smallest absolute Gasteiger partial charge is 0.266 e. The number of thiophene rings is 1. The molecule has 1 amide bonds. The lowest BCUT2D eigenvalue weighted by atomic mass is 10.3. The zero-order valence-corrected chi connectivity index (χ0v) is 13.2. The Morgan fingerprint density at radius 3 is 2.90 bits per heavy atom. The van der Waals surface area contributed by atoms with Crippen LogP contribution in [0.25, 0.3) is 10.2 Å². The van der Waals surface area contributed by atoms with Gasteiger partial charge in [0, 0.05) is 23.1 Å². The van der Waals surface area contributed by atoms with Crippen LogP contribution in [-0.4, -0.2) is 20.7 Å². The number of nitrogens with one attached hydrogen (secondary N) is 1. The first-order chi connectivity index (χ1) is 9.54. The molecule has 5 nitrogen and oxygen atoms in total. The van der Waals surface area contributed by atoms with Gasteiger partial charge in [-0.25, -0.2) is 4.98 Å². The van der Waals surface area contributed by atoms with E-state index in [0.29, 0.717) is 10.7 Å². The van der Waals surface area contributed by atoms with E-state index in [1.807, 2.05) is 26.1 Å². The Morgan fingerprint density at radius 1 is 1.45 bits per heavy atom. The molecule has 0 radical (unpaired) electrons. The number of rotatable bonds is 2. The number of nitrogens with zero attached hydrogens (tertiary/aromatic N) is 3. The summed E-state index contributed by atoms with van der Waals surface area (Å²) in [6.45, 7) is 1.94. The van der Waals surface area contributed by atoms with Crippen molar-refractivity contribution in [1.29, 1.82) is 0 Å². The molecule has 0 fully saturated rings. The lowest BCUT2D eigenvalue weighted by Gasteiger charge is -2.02. The highest BCUT2D eigenvalue weighted by Gasteiger charge is 2.15. The summed E-state index contributed by atoms with van der Waals surface area (Å²) in [4.78, 5) is 18.0. The van der Waals surface area contributed by atoms with E-state index in [2.05, 4.69) is 31.3 Å². The molecular weight excluding hydrogens is 340 g/mol. The molecule has 0 unspecified atom stereocenters. The fourth-order valence-electron chi connectivity index (χ4n) is 1.94. The number of carbonyl (C=O) groups is 1. The van der Waals surface area contributed by atoms with E-state index in [0.717, 1.165) is 20.4 Å². The predicted molar refractivity (Wildman–Crippen MR) is 83.2 cm³/mol. The molecule has 0 saturated carbocycles. The Morgan fingerprint density at radius 2 is 2.25 bits per heavy atom. The molecule has 102 valence electrons. The molecule has 3 rings (SSSR count). The molecule has 20 heavy (non-hydrogen) atoms. The SMILES string of the molecule is Cc1nn(C)c2sc(C(=O)Nc3ccc(Br)cn3)cc12. The first-order valence-corrected chi connectivity index (χ1v) is 7.51. The van der Waals surface area contributed by atoms with Crippen molar-refractivity contribution in [3.05, 3.63) is 39.4 Å². The minimum atomic E-state index is -0.152. The van der Waals surface area contributed by atoms with Crippen LogP contribution in [-0.2, 0) is 7.05 Å². The van der Waals surface area contributed by atoms with Gasteiger partial charge in [0.1, 0.15) is 10.6 Å². The van der Waals surface area contributed by atoms with E-state index in [9.17, 15) is 4.79 Å². The lowest BCUT2D eigenvalue weighted by molar-refractivity contribution is 0.103. The van der Waals surface area contributed by atoms with E-state index in [4.69, 9.17) is 0 Å². The van der Waals surface area contributed by atoms with Gasteiger partial charge in [-0.2, -0.15) is 5.10 Å². The number of carbonyl (C=O) groups excluding carboxylic acids is 1. The summed E-state index contributed by atoms with van der Waals surface area (Å²) < 4.78 is 2.67. The molecule has 3 aromatic rings. The molecule has 0 aliphatic heterocycles. The molecule has 3 aromatic heterocycles. The van der Waals surface area contributed by atoms with Crippen LogP contribution < -0.4 is 5.32 Å². The standard InChI is InChI=1S/C13H11BrN4OS/c1-7-9-5-10(20-13(9)18(2)17-7)12(19)16-11-4-3-8(14)6-15-11/h3-6H,1-2H3,(H,15,16,19). The van der Waals surface area contributed by atoms with Crippen molar-refractivity contribution in [2.45, 2.75) is 6.92 Å². The third-order valence-corrected chi connectivity index (χ3v) is 4.56. The van der Waals surface area contributed by atoms with Crippen molar-refractivity contribution >= 4 is 49.2 Å². The molecular formula is C13H11BrN4OS. The summed E-state index contributed by atoms with van der Waals surface area (Å²) in [7, 11) is 1.88. The van der Waals surface area contributed by atoms with Crippen molar-refractivity contribution in [3.63, 3.8) is 0 Å². The summed E-state index contributed by atoms with van der Waals surface area (Å²) in [6.07, 6.45) is 1.65. The number of anilines is 1. The van der Waals surface area contributed by atoms with E-state index >= 15 is 0 Å². The van der Waals surface area contributed by atoms with Crippen LogP contribution >= 0.6 is 27.3 Å². The van der Waals surface area contributed by atoms with Gasteiger partial charge in [0.05, 0.1) is 10.6 Å². The van der Waals surface area contributed by atoms with Crippen LogP contribution in [0.4, 0.5) is 5.82 Å². The number of amides is 1. The number of aryl methyl sites for hydroxylation is 2. The third-order valence-electron chi connectivity index (χ3n) is 2.89. The van der Waals surface area contributed by atoms with Gasteiger partial charge in [-0.3, -0.25) is 9.48 Å². The minimum Gasteiger partial charge on any atom is -0.306 e. The lowest BCUT2D eigenvalue weighted by Crippen LogP contribution is -2.11. The Hall–Kier alpha value is -1.73. The zero-order valence-electron chi connectivity index (χ0n) is 10.8. The van der Waals surface area contributed by atoms with Crippen molar-refractivity contribution in [2.75, 3.05) is 5.32 Å². The van der Waals surface area contributed by atoms with E-state index in [-0.39, 0.29) is 5.91 Å². The highest BCUT2D eigenvalue weighted by Crippen LogP contribution is 2.28. The molecule has 0 saturated heterocycles. The van der Waals surface area contributed by atoms with Crippen molar-refractivity contribution in [3.8, 4) is 0 Å². The Balaban J connectivity index is 1.88. The number of fused-ring (bicyclic) bond motifs is 1. The molecule has 0 aliphatic rings. The van der Waals surface area contributed by atoms with Gasteiger partial charge in [0.25, 0.3) is 5.91 Å². The average Bonchev–Trinajstić information content (AvgIpc) is 2.95. The number of hydrogen-bond acceptors (Lipinski definition) is 4. The van der Waals surface area contributed by atoms with Gasteiger partial charge in [-0.15, -0.1) is 11.3 Å². The van der Waals surface area contributed by atoms with E-state index in [1.165, 1.54) is 11.3 Å². The minimum absolute atomic E-state index is 0.152. The summed E-state index contributed by atoms with van der Waals surface area (Å²) in [6, 6.07) is 5.46. The first kappa shape index (κ1) is 13.3. The second-order valence-corrected chi connectivity index (χ2v) is 6.30. The molecule has 3 heterocycles. The average molecular weight is 351 g/mol. The summed E-state index contributed by atoms with van der Waals surface area (Å²) in [5, 5.41) is 8.13. The van der Waals surface area contributed by atoms with Crippen molar-refractivity contribution in [1.82, 2.24) is 14.8 Å². The van der Waals surface area contributed by atoms with Crippen LogP contribution in [0, 0.1) is 6.92 Å². The zero-order chi connectivity index (χ0) is 14.3. The number of pyridine rings is 1. The second-order valence-electron chi connectivity index (χ2n) is 4.35.